The number of aryl methyl sites for hydroxylation is 1. The summed E-state index contributed by atoms with van der Waals surface area (Å²) in [6.07, 6.45) is 0. The maximum Gasteiger partial charge on any atom is 0.312 e. The molecule has 1 aromatic rings. The van der Waals surface area contributed by atoms with E-state index in [4.69, 9.17) is 10.00 Å². The number of benzene rings is 1. The van der Waals surface area contributed by atoms with Crippen molar-refractivity contribution < 1.29 is 9.53 Å². The van der Waals surface area contributed by atoms with Crippen LogP contribution in [-0.4, -0.2) is 29.6 Å². The van der Waals surface area contributed by atoms with Crippen LogP contribution in [0.2, 0.25) is 0 Å². The van der Waals surface area contributed by atoms with Gasteiger partial charge in [0, 0.05) is 19.6 Å². The molecule has 2 rings (SSSR count). The Balaban J connectivity index is 1.85. The maximum absolute atomic E-state index is 11.9. The Morgan fingerprint density at radius 3 is 2.62 bits per heavy atom. The molecule has 0 radical (unpaired) electrons. The molecule has 0 spiro atoms. The topological polar surface area (TPSA) is 53.3 Å². The monoisotopic (exact) mass is 286 g/mol. The zero-order valence-electron chi connectivity index (χ0n) is 13.1. The van der Waals surface area contributed by atoms with Crippen molar-refractivity contribution >= 4 is 5.97 Å². The molecule has 4 heteroatoms. The van der Waals surface area contributed by atoms with Gasteiger partial charge in [0.15, 0.2) is 0 Å². The van der Waals surface area contributed by atoms with Crippen LogP contribution in [0.4, 0.5) is 0 Å². The highest BCUT2D eigenvalue weighted by Crippen LogP contribution is 2.23. The molecule has 0 saturated carbocycles. The van der Waals surface area contributed by atoms with Crippen molar-refractivity contribution in [2.75, 3.05) is 13.1 Å². The Bertz CT molecular complexity index is 575. The van der Waals surface area contributed by atoms with Crippen LogP contribution in [-0.2, 0) is 16.1 Å². The molecule has 0 unspecified atom stereocenters. The van der Waals surface area contributed by atoms with Gasteiger partial charge in [-0.3, -0.25) is 9.69 Å². The summed E-state index contributed by atoms with van der Waals surface area (Å²) in [6.45, 7) is 9.91. The molecule has 1 aliphatic rings. The number of ether oxygens (including phenoxy) is 1. The summed E-state index contributed by atoms with van der Waals surface area (Å²) in [5.74, 6) is -0.113. The van der Waals surface area contributed by atoms with Crippen molar-refractivity contribution in [1.29, 1.82) is 5.26 Å². The molecule has 4 nitrogen and oxygen atoms in total. The van der Waals surface area contributed by atoms with Gasteiger partial charge in [0.2, 0.25) is 0 Å². The fourth-order valence-corrected chi connectivity index (χ4v) is 2.44. The average molecular weight is 286 g/mol. The predicted molar refractivity (Wildman–Crippen MR) is 80.5 cm³/mol. The van der Waals surface area contributed by atoms with Crippen molar-refractivity contribution in [2.45, 2.75) is 39.8 Å². The van der Waals surface area contributed by atoms with E-state index in [-0.39, 0.29) is 11.9 Å². The third-order valence-corrected chi connectivity index (χ3v) is 3.51. The zero-order chi connectivity index (χ0) is 15.6. The molecule has 112 valence electrons. The molecular formula is C17H22N2O2. The first kappa shape index (κ1) is 15.5. The first-order chi connectivity index (χ1) is 9.78. The number of likely N-dealkylation sites (tertiary alicyclic amines) is 1. The van der Waals surface area contributed by atoms with Crippen molar-refractivity contribution in [1.82, 2.24) is 4.90 Å². The molecule has 1 heterocycles. The Hall–Kier alpha value is -1.86. The van der Waals surface area contributed by atoms with Crippen LogP contribution < -0.4 is 0 Å². The smallest absolute Gasteiger partial charge is 0.312 e. The van der Waals surface area contributed by atoms with Crippen LogP contribution in [0.3, 0.4) is 0 Å². The lowest BCUT2D eigenvalue weighted by Gasteiger charge is -2.38. The van der Waals surface area contributed by atoms with E-state index in [2.05, 4.69) is 11.0 Å². The molecule has 0 N–H and O–H groups in total. The maximum atomic E-state index is 11.9. The van der Waals surface area contributed by atoms with E-state index in [1.807, 2.05) is 45.9 Å². The molecule has 0 atom stereocenters. The summed E-state index contributed by atoms with van der Waals surface area (Å²) in [4.78, 5) is 14.1. The SMILES string of the molecule is Cc1cc(CN2CC(C(=O)OC(C)(C)C)C2)ccc1C#N. The minimum Gasteiger partial charge on any atom is -0.460 e. The summed E-state index contributed by atoms with van der Waals surface area (Å²) in [5, 5.41) is 8.93. The third-order valence-electron chi connectivity index (χ3n) is 3.51. The fourth-order valence-electron chi connectivity index (χ4n) is 2.44. The van der Waals surface area contributed by atoms with E-state index < -0.39 is 5.60 Å². The number of hydrogen-bond acceptors (Lipinski definition) is 4. The van der Waals surface area contributed by atoms with E-state index in [9.17, 15) is 4.79 Å². The highest BCUT2D eigenvalue weighted by Gasteiger charge is 2.35. The Kier molecular flexibility index (Phi) is 4.34. The third kappa shape index (κ3) is 4.05. The van der Waals surface area contributed by atoms with Gasteiger partial charge >= 0.3 is 5.97 Å². The second-order valence-corrected chi connectivity index (χ2v) is 6.69. The standard InChI is InChI=1S/C17H22N2O2/c1-12-7-13(5-6-14(12)8-18)9-19-10-15(11-19)16(20)21-17(2,3)4/h5-7,15H,9-11H2,1-4H3. The minimum absolute atomic E-state index is 0.0105. The number of esters is 1. The predicted octanol–water partition coefficient (Wildman–Crippen LogP) is 2.64. The normalized spacial score (nSPS) is 16.1. The molecule has 0 bridgehead atoms. The summed E-state index contributed by atoms with van der Waals surface area (Å²) in [7, 11) is 0. The van der Waals surface area contributed by atoms with Gasteiger partial charge in [-0.05, 0) is 44.9 Å². The van der Waals surface area contributed by atoms with Crippen LogP contribution in [0.5, 0.6) is 0 Å². The summed E-state index contributed by atoms with van der Waals surface area (Å²) >= 11 is 0. The van der Waals surface area contributed by atoms with Crippen molar-refractivity contribution in [3.8, 4) is 6.07 Å². The fraction of sp³-hybridized carbons (Fsp3) is 0.529. The van der Waals surface area contributed by atoms with E-state index in [0.717, 1.165) is 25.2 Å². The zero-order valence-corrected chi connectivity index (χ0v) is 13.1. The van der Waals surface area contributed by atoms with Crippen LogP contribution in [0.15, 0.2) is 18.2 Å². The van der Waals surface area contributed by atoms with E-state index in [0.29, 0.717) is 5.56 Å². The molecular weight excluding hydrogens is 264 g/mol. The highest BCUT2D eigenvalue weighted by atomic mass is 16.6. The second-order valence-electron chi connectivity index (χ2n) is 6.69. The van der Waals surface area contributed by atoms with E-state index >= 15 is 0 Å². The van der Waals surface area contributed by atoms with Gasteiger partial charge in [0.25, 0.3) is 0 Å². The van der Waals surface area contributed by atoms with E-state index in [1.165, 1.54) is 5.56 Å². The van der Waals surface area contributed by atoms with Gasteiger partial charge in [0.05, 0.1) is 17.6 Å². The van der Waals surface area contributed by atoms with E-state index in [1.54, 1.807) is 0 Å². The van der Waals surface area contributed by atoms with Gasteiger partial charge in [-0.1, -0.05) is 12.1 Å². The lowest BCUT2D eigenvalue weighted by atomic mass is 9.98. The lowest BCUT2D eigenvalue weighted by molar-refractivity contribution is -0.166. The highest BCUT2D eigenvalue weighted by molar-refractivity contribution is 5.74. The van der Waals surface area contributed by atoms with Crippen LogP contribution in [0.25, 0.3) is 0 Å². The van der Waals surface area contributed by atoms with Crippen molar-refractivity contribution in [3.63, 3.8) is 0 Å². The largest absolute Gasteiger partial charge is 0.460 e. The number of hydrogen-bond donors (Lipinski definition) is 0. The molecule has 0 amide bonds. The quantitative estimate of drug-likeness (QED) is 0.802. The number of nitriles is 1. The molecule has 1 aromatic carbocycles. The van der Waals surface area contributed by atoms with Gasteiger partial charge in [-0.25, -0.2) is 0 Å². The number of rotatable bonds is 3. The molecule has 1 saturated heterocycles. The Morgan fingerprint density at radius 2 is 2.10 bits per heavy atom. The van der Waals surface area contributed by atoms with Gasteiger partial charge in [-0.15, -0.1) is 0 Å². The van der Waals surface area contributed by atoms with Crippen molar-refractivity contribution in [2.24, 2.45) is 5.92 Å². The minimum atomic E-state index is -0.415. The number of carbonyl (C=O) groups is 1. The molecule has 1 fully saturated rings. The Labute approximate surface area is 126 Å². The van der Waals surface area contributed by atoms with Gasteiger partial charge in [-0.2, -0.15) is 5.26 Å². The summed E-state index contributed by atoms with van der Waals surface area (Å²) in [5.41, 5.74) is 2.48. The summed E-state index contributed by atoms with van der Waals surface area (Å²) < 4.78 is 5.39. The first-order valence-corrected chi connectivity index (χ1v) is 7.23. The van der Waals surface area contributed by atoms with Crippen LogP contribution >= 0.6 is 0 Å². The summed E-state index contributed by atoms with van der Waals surface area (Å²) in [6, 6.07) is 8.05. The van der Waals surface area contributed by atoms with Crippen molar-refractivity contribution in [3.05, 3.63) is 34.9 Å². The lowest BCUT2D eigenvalue weighted by Crippen LogP contribution is -2.51. The number of nitrogens with zero attached hydrogens (tertiary/aromatic N) is 2. The van der Waals surface area contributed by atoms with Gasteiger partial charge < -0.3 is 4.74 Å². The average Bonchev–Trinajstić information content (AvgIpc) is 2.31. The molecule has 1 aliphatic heterocycles. The molecule has 0 aliphatic carbocycles. The van der Waals surface area contributed by atoms with Crippen LogP contribution in [0, 0.1) is 24.2 Å². The van der Waals surface area contributed by atoms with Crippen LogP contribution in [0.1, 0.15) is 37.5 Å². The second kappa shape index (κ2) is 5.87. The Morgan fingerprint density at radius 1 is 1.43 bits per heavy atom. The first-order valence-electron chi connectivity index (χ1n) is 7.23. The molecule has 0 aromatic heterocycles. The molecule has 21 heavy (non-hydrogen) atoms. The number of carbonyl (C=O) groups excluding carboxylic acids is 1. The van der Waals surface area contributed by atoms with Gasteiger partial charge in [0.1, 0.15) is 5.60 Å².